The van der Waals surface area contributed by atoms with E-state index in [0.717, 1.165) is 31.7 Å². The predicted molar refractivity (Wildman–Crippen MR) is 89.0 cm³/mol. The Morgan fingerprint density at radius 3 is 2.48 bits per heavy atom. The quantitative estimate of drug-likeness (QED) is 0.870. The number of hydrogen-bond acceptors (Lipinski definition) is 3. The molecule has 1 aromatic carbocycles. The van der Waals surface area contributed by atoms with Crippen LogP contribution in [0.3, 0.4) is 0 Å². The molecule has 0 heterocycles. The van der Waals surface area contributed by atoms with E-state index in [-0.39, 0.29) is 18.0 Å². The lowest BCUT2D eigenvalue weighted by atomic mass is 9.87. The topological polar surface area (TPSA) is 41.5 Å². The Balaban J connectivity index is 1.50. The van der Waals surface area contributed by atoms with E-state index in [0.29, 0.717) is 5.75 Å². The van der Waals surface area contributed by atoms with Crippen molar-refractivity contribution < 1.29 is 14.2 Å². The molecular weight excluding hydrogens is 293 g/mol. The number of halogens is 1. The van der Waals surface area contributed by atoms with Gasteiger partial charge in [-0.3, -0.25) is 0 Å². The zero-order chi connectivity index (χ0) is 16.1. The van der Waals surface area contributed by atoms with Crippen molar-refractivity contribution in [1.82, 2.24) is 5.32 Å². The van der Waals surface area contributed by atoms with Gasteiger partial charge >= 0.3 is 0 Å². The lowest BCUT2D eigenvalue weighted by Crippen LogP contribution is -2.52. The summed E-state index contributed by atoms with van der Waals surface area (Å²) in [7, 11) is 0. The molecule has 2 aliphatic rings. The van der Waals surface area contributed by atoms with Gasteiger partial charge in [0.25, 0.3) is 0 Å². The van der Waals surface area contributed by atoms with Gasteiger partial charge in [-0.1, -0.05) is 19.3 Å². The van der Waals surface area contributed by atoms with Gasteiger partial charge in [-0.05, 0) is 68.8 Å². The van der Waals surface area contributed by atoms with Crippen LogP contribution in [-0.2, 0) is 0 Å². The maximum atomic E-state index is 13.0. The van der Waals surface area contributed by atoms with Crippen LogP contribution < -0.4 is 10.1 Å². The molecule has 0 spiro atoms. The number of hydrogen-bond donors (Lipinski definition) is 2. The monoisotopic (exact) mass is 321 g/mol. The molecule has 23 heavy (non-hydrogen) atoms. The van der Waals surface area contributed by atoms with Gasteiger partial charge in [-0.25, -0.2) is 4.39 Å². The molecule has 1 aromatic rings. The molecular formula is C19H28FNO2. The van der Waals surface area contributed by atoms with Crippen LogP contribution >= 0.6 is 0 Å². The van der Waals surface area contributed by atoms with Crippen molar-refractivity contribution in [3.8, 4) is 5.75 Å². The van der Waals surface area contributed by atoms with Crippen molar-refractivity contribution in [2.75, 3.05) is 6.54 Å². The SMILES string of the molecule is O[C@@H]1[C@@H](NCC2CCCCC2)CCC[C@H]1Oc1ccc(F)cc1. The Morgan fingerprint density at radius 2 is 1.74 bits per heavy atom. The number of aliphatic hydroxyl groups excluding tert-OH is 1. The highest BCUT2D eigenvalue weighted by Gasteiger charge is 2.33. The Morgan fingerprint density at radius 1 is 1.00 bits per heavy atom. The Labute approximate surface area is 138 Å². The van der Waals surface area contributed by atoms with Crippen molar-refractivity contribution in [1.29, 1.82) is 0 Å². The molecule has 128 valence electrons. The summed E-state index contributed by atoms with van der Waals surface area (Å²) in [6.45, 7) is 1.00. The Kier molecular flexibility index (Phi) is 5.90. The van der Waals surface area contributed by atoms with E-state index < -0.39 is 6.10 Å². The first-order valence-electron chi connectivity index (χ1n) is 9.06. The van der Waals surface area contributed by atoms with Crippen molar-refractivity contribution in [3.63, 3.8) is 0 Å². The molecule has 2 aliphatic carbocycles. The number of ether oxygens (including phenoxy) is 1. The summed E-state index contributed by atoms with van der Waals surface area (Å²) >= 11 is 0. The van der Waals surface area contributed by atoms with Gasteiger partial charge in [0.15, 0.2) is 0 Å². The van der Waals surface area contributed by atoms with E-state index in [4.69, 9.17) is 4.74 Å². The summed E-state index contributed by atoms with van der Waals surface area (Å²) in [4.78, 5) is 0. The molecule has 0 aromatic heterocycles. The van der Waals surface area contributed by atoms with Crippen LogP contribution in [0.2, 0.25) is 0 Å². The largest absolute Gasteiger partial charge is 0.488 e. The molecule has 3 rings (SSSR count). The maximum Gasteiger partial charge on any atom is 0.126 e. The van der Waals surface area contributed by atoms with Crippen LogP contribution in [0.4, 0.5) is 4.39 Å². The molecule has 2 fully saturated rings. The zero-order valence-electron chi connectivity index (χ0n) is 13.7. The van der Waals surface area contributed by atoms with Crippen LogP contribution in [0, 0.1) is 11.7 Å². The number of rotatable bonds is 5. The summed E-state index contributed by atoms with van der Waals surface area (Å²) in [5, 5.41) is 14.2. The Bertz CT molecular complexity index is 473. The second-order valence-electron chi connectivity index (χ2n) is 7.05. The van der Waals surface area contributed by atoms with Crippen molar-refractivity contribution in [3.05, 3.63) is 30.1 Å². The van der Waals surface area contributed by atoms with Gasteiger partial charge in [0.05, 0.1) is 0 Å². The summed E-state index contributed by atoms with van der Waals surface area (Å²) in [5.41, 5.74) is 0. The summed E-state index contributed by atoms with van der Waals surface area (Å²) < 4.78 is 18.9. The fourth-order valence-electron chi connectivity index (χ4n) is 3.89. The molecule has 0 radical (unpaired) electrons. The van der Waals surface area contributed by atoms with Crippen molar-refractivity contribution in [2.24, 2.45) is 5.92 Å². The third kappa shape index (κ3) is 4.67. The molecule has 0 unspecified atom stereocenters. The second-order valence-corrected chi connectivity index (χ2v) is 7.05. The van der Waals surface area contributed by atoms with Gasteiger partial charge in [0.2, 0.25) is 0 Å². The highest BCUT2D eigenvalue weighted by Crippen LogP contribution is 2.26. The smallest absolute Gasteiger partial charge is 0.126 e. The van der Waals surface area contributed by atoms with E-state index >= 15 is 0 Å². The minimum Gasteiger partial charge on any atom is -0.488 e. The summed E-state index contributed by atoms with van der Waals surface area (Å²) in [5.74, 6) is 1.12. The van der Waals surface area contributed by atoms with Crippen LogP contribution in [0.1, 0.15) is 51.4 Å². The highest BCUT2D eigenvalue weighted by molar-refractivity contribution is 5.22. The molecule has 3 atom stereocenters. The first-order valence-corrected chi connectivity index (χ1v) is 9.06. The number of benzene rings is 1. The van der Waals surface area contributed by atoms with Crippen molar-refractivity contribution in [2.45, 2.75) is 69.6 Å². The predicted octanol–water partition coefficient (Wildman–Crippen LogP) is 3.66. The van der Waals surface area contributed by atoms with Gasteiger partial charge < -0.3 is 15.2 Å². The average molecular weight is 321 g/mol. The molecule has 4 heteroatoms. The molecule has 2 saturated carbocycles. The third-order valence-corrected chi connectivity index (χ3v) is 5.29. The van der Waals surface area contributed by atoms with E-state index in [1.165, 1.54) is 44.2 Å². The third-order valence-electron chi connectivity index (χ3n) is 5.29. The number of nitrogens with one attached hydrogen (secondary N) is 1. The fraction of sp³-hybridized carbons (Fsp3) is 0.684. The van der Waals surface area contributed by atoms with Crippen LogP contribution in [-0.4, -0.2) is 29.9 Å². The van der Waals surface area contributed by atoms with E-state index in [2.05, 4.69) is 5.32 Å². The Hall–Kier alpha value is -1.13. The van der Waals surface area contributed by atoms with Crippen LogP contribution in [0.15, 0.2) is 24.3 Å². The lowest BCUT2D eigenvalue weighted by molar-refractivity contribution is -0.0164. The van der Waals surface area contributed by atoms with Gasteiger partial charge in [-0.2, -0.15) is 0 Å². The zero-order valence-corrected chi connectivity index (χ0v) is 13.7. The average Bonchev–Trinajstić information content (AvgIpc) is 2.58. The molecule has 3 nitrogen and oxygen atoms in total. The summed E-state index contributed by atoms with van der Waals surface area (Å²) in [6.07, 6.45) is 8.86. The van der Waals surface area contributed by atoms with E-state index in [1.807, 2.05) is 0 Å². The van der Waals surface area contributed by atoms with Gasteiger partial charge in [-0.15, -0.1) is 0 Å². The van der Waals surface area contributed by atoms with Gasteiger partial charge in [0, 0.05) is 6.04 Å². The van der Waals surface area contributed by atoms with Crippen LogP contribution in [0.5, 0.6) is 5.75 Å². The number of aliphatic hydroxyl groups is 1. The first-order chi connectivity index (χ1) is 11.2. The second kappa shape index (κ2) is 8.11. The highest BCUT2D eigenvalue weighted by atomic mass is 19.1. The standard InChI is InChI=1S/C19H28FNO2/c20-15-9-11-16(12-10-15)23-18-8-4-7-17(19(18)22)21-13-14-5-2-1-3-6-14/h9-12,14,17-19,21-22H,1-8,13H2/t17-,18+,19+/m0/s1. The fourth-order valence-corrected chi connectivity index (χ4v) is 3.89. The molecule has 0 bridgehead atoms. The van der Waals surface area contributed by atoms with E-state index in [9.17, 15) is 9.50 Å². The minimum atomic E-state index is -0.502. The van der Waals surface area contributed by atoms with E-state index in [1.54, 1.807) is 12.1 Å². The maximum absolute atomic E-state index is 13.0. The molecule has 2 N–H and O–H groups in total. The van der Waals surface area contributed by atoms with Crippen LogP contribution in [0.25, 0.3) is 0 Å². The molecule has 0 saturated heterocycles. The van der Waals surface area contributed by atoms with Gasteiger partial charge in [0.1, 0.15) is 23.8 Å². The normalized spacial score (nSPS) is 29.4. The first kappa shape index (κ1) is 16.7. The molecule has 0 aliphatic heterocycles. The molecule has 0 amide bonds. The van der Waals surface area contributed by atoms with Crippen molar-refractivity contribution >= 4 is 0 Å². The lowest BCUT2D eigenvalue weighted by Gasteiger charge is -2.36. The summed E-state index contributed by atoms with van der Waals surface area (Å²) in [6, 6.07) is 6.14. The minimum absolute atomic E-state index is 0.108.